The molecule has 1 atom stereocenters. The molecule has 0 bridgehead atoms. The maximum Gasteiger partial charge on any atom is 0.0917 e. The molecule has 16 heavy (non-hydrogen) atoms. The quantitative estimate of drug-likeness (QED) is 0.823. The molecule has 1 heterocycles. The van der Waals surface area contributed by atoms with Crippen molar-refractivity contribution < 1.29 is 5.11 Å². The van der Waals surface area contributed by atoms with E-state index in [-0.39, 0.29) is 0 Å². The van der Waals surface area contributed by atoms with Crippen LogP contribution < -0.4 is 10.2 Å². The second-order valence-corrected chi connectivity index (χ2v) is 5.40. The van der Waals surface area contributed by atoms with Gasteiger partial charge in [-0.05, 0) is 35.0 Å². The highest BCUT2D eigenvalue weighted by molar-refractivity contribution is 9.10. The summed E-state index contributed by atoms with van der Waals surface area (Å²) in [6, 6.07) is 8.13. The summed E-state index contributed by atoms with van der Waals surface area (Å²) in [6.07, 6.45) is 0. The van der Waals surface area contributed by atoms with Gasteiger partial charge in [0.1, 0.15) is 0 Å². The van der Waals surface area contributed by atoms with Crippen molar-refractivity contribution in [2.75, 3.05) is 31.1 Å². The molecule has 3 nitrogen and oxygen atoms in total. The van der Waals surface area contributed by atoms with Gasteiger partial charge in [0.15, 0.2) is 0 Å². The number of nitrogens with one attached hydrogen (secondary N) is 1. The van der Waals surface area contributed by atoms with Gasteiger partial charge in [0.25, 0.3) is 0 Å². The Bertz CT molecular complexity index is 368. The monoisotopic (exact) mass is 284 g/mol. The van der Waals surface area contributed by atoms with Crippen molar-refractivity contribution in [2.45, 2.75) is 12.5 Å². The molecule has 1 aromatic rings. The van der Waals surface area contributed by atoms with Gasteiger partial charge >= 0.3 is 0 Å². The molecule has 4 heteroatoms. The molecular weight excluding hydrogens is 268 g/mol. The predicted octanol–water partition coefficient (Wildman–Crippen LogP) is 1.61. The van der Waals surface area contributed by atoms with Gasteiger partial charge in [-0.15, -0.1) is 0 Å². The summed E-state index contributed by atoms with van der Waals surface area (Å²) in [6.45, 7) is 4.99. The topological polar surface area (TPSA) is 35.5 Å². The maximum atomic E-state index is 10.2. The van der Waals surface area contributed by atoms with Crippen molar-refractivity contribution in [1.29, 1.82) is 0 Å². The lowest BCUT2D eigenvalue weighted by molar-refractivity contribution is 0.0729. The SMILES string of the molecule is CC1(O)CNCCN(c2ccccc2Br)C1. The van der Waals surface area contributed by atoms with Crippen LogP contribution in [0.3, 0.4) is 0 Å². The van der Waals surface area contributed by atoms with Crippen LogP contribution in [0.15, 0.2) is 28.7 Å². The Morgan fingerprint density at radius 3 is 2.94 bits per heavy atom. The first-order chi connectivity index (χ1) is 7.58. The third kappa shape index (κ3) is 2.75. The van der Waals surface area contributed by atoms with E-state index in [1.807, 2.05) is 25.1 Å². The van der Waals surface area contributed by atoms with Crippen molar-refractivity contribution in [3.63, 3.8) is 0 Å². The number of hydrogen-bond acceptors (Lipinski definition) is 3. The zero-order valence-electron chi connectivity index (χ0n) is 9.41. The average Bonchev–Trinajstić information content (AvgIpc) is 2.40. The fraction of sp³-hybridized carbons (Fsp3) is 0.500. The Balaban J connectivity index is 2.23. The van der Waals surface area contributed by atoms with Gasteiger partial charge in [-0.2, -0.15) is 0 Å². The lowest BCUT2D eigenvalue weighted by atomic mass is 10.1. The van der Waals surface area contributed by atoms with Crippen molar-refractivity contribution in [1.82, 2.24) is 5.32 Å². The Morgan fingerprint density at radius 1 is 1.44 bits per heavy atom. The van der Waals surface area contributed by atoms with E-state index in [0.29, 0.717) is 13.1 Å². The molecule has 0 radical (unpaired) electrons. The number of aliphatic hydroxyl groups is 1. The second-order valence-electron chi connectivity index (χ2n) is 4.55. The number of benzene rings is 1. The highest BCUT2D eigenvalue weighted by Gasteiger charge is 2.27. The molecule has 1 saturated heterocycles. The molecule has 0 saturated carbocycles. The molecule has 88 valence electrons. The van der Waals surface area contributed by atoms with Crippen molar-refractivity contribution >= 4 is 21.6 Å². The lowest BCUT2D eigenvalue weighted by Crippen LogP contribution is -2.43. The molecule has 0 spiro atoms. The Kier molecular flexibility index (Phi) is 3.52. The highest BCUT2D eigenvalue weighted by Crippen LogP contribution is 2.27. The number of halogens is 1. The molecule has 2 rings (SSSR count). The van der Waals surface area contributed by atoms with Crippen LogP contribution in [0.2, 0.25) is 0 Å². The predicted molar refractivity (Wildman–Crippen MR) is 69.8 cm³/mol. The summed E-state index contributed by atoms with van der Waals surface area (Å²) in [7, 11) is 0. The van der Waals surface area contributed by atoms with Gasteiger partial charge in [0.05, 0.1) is 11.3 Å². The summed E-state index contributed by atoms with van der Waals surface area (Å²) >= 11 is 3.55. The first-order valence-electron chi connectivity index (χ1n) is 5.51. The molecule has 2 N–H and O–H groups in total. The van der Waals surface area contributed by atoms with E-state index in [2.05, 4.69) is 32.2 Å². The highest BCUT2D eigenvalue weighted by atomic mass is 79.9. The van der Waals surface area contributed by atoms with Crippen LogP contribution in [0.4, 0.5) is 5.69 Å². The first-order valence-corrected chi connectivity index (χ1v) is 6.30. The minimum absolute atomic E-state index is 0.647. The van der Waals surface area contributed by atoms with Crippen LogP contribution in [0.25, 0.3) is 0 Å². The Morgan fingerprint density at radius 2 is 2.19 bits per heavy atom. The molecule has 1 unspecified atom stereocenters. The number of hydrogen-bond donors (Lipinski definition) is 2. The molecule has 0 aliphatic carbocycles. The Hall–Kier alpha value is -0.580. The molecule has 0 aromatic heterocycles. The smallest absolute Gasteiger partial charge is 0.0917 e. The summed E-state index contributed by atoms with van der Waals surface area (Å²) in [4.78, 5) is 2.21. The fourth-order valence-electron chi connectivity index (χ4n) is 2.03. The zero-order valence-corrected chi connectivity index (χ0v) is 11.0. The standard InChI is InChI=1S/C12H17BrN2O/c1-12(16)8-14-6-7-15(9-12)11-5-3-2-4-10(11)13/h2-5,14,16H,6-9H2,1H3. The van der Waals surface area contributed by atoms with Crippen LogP contribution in [0.1, 0.15) is 6.92 Å². The van der Waals surface area contributed by atoms with Crippen LogP contribution in [0.5, 0.6) is 0 Å². The van der Waals surface area contributed by atoms with Crippen LogP contribution in [0, 0.1) is 0 Å². The van der Waals surface area contributed by atoms with Gasteiger partial charge in [-0.25, -0.2) is 0 Å². The number of para-hydroxylation sites is 1. The van der Waals surface area contributed by atoms with Gasteiger partial charge in [0, 0.05) is 30.7 Å². The van der Waals surface area contributed by atoms with E-state index < -0.39 is 5.60 Å². The summed E-state index contributed by atoms with van der Waals surface area (Å²) in [5.74, 6) is 0. The molecule has 1 aliphatic rings. The molecule has 1 aliphatic heterocycles. The number of anilines is 1. The molecule has 1 fully saturated rings. The summed E-state index contributed by atoms with van der Waals surface area (Å²) in [5, 5.41) is 13.4. The maximum absolute atomic E-state index is 10.2. The number of rotatable bonds is 1. The minimum Gasteiger partial charge on any atom is -0.387 e. The van der Waals surface area contributed by atoms with Gasteiger partial charge in [0.2, 0.25) is 0 Å². The third-order valence-electron chi connectivity index (χ3n) is 2.79. The second kappa shape index (κ2) is 4.73. The lowest BCUT2D eigenvalue weighted by Gasteiger charge is -2.30. The fourth-order valence-corrected chi connectivity index (χ4v) is 2.57. The molecule has 0 amide bonds. The first kappa shape index (κ1) is 11.9. The van der Waals surface area contributed by atoms with Crippen molar-refractivity contribution in [2.24, 2.45) is 0 Å². The Labute approximate surface area is 105 Å². The summed E-state index contributed by atoms with van der Waals surface area (Å²) < 4.78 is 1.08. The van der Waals surface area contributed by atoms with Crippen LogP contribution in [-0.2, 0) is 0 Å². The normalized spacial score (nSPS) is 26.6. The average molecular weight is 285 g/mol. The molecule has 1 aromatic carbocycles. The van der Waals surface area contributed by atoms with Crippen molar-refractivity contribution in [3.8, 4) is 0 Å². The van der Waals surface area contributed by atoms with Gasteiger partial charge in [-0.1, -0.05) is 12.1 Å². The number of β-amino-alcohol motifs (C(OH)–C–C–N with tert-alkyl or cyclic N) is 1. The van der Waals surface area contributed by atoms with E-state index in [1.165, 1.54) is 0 Å². The van der Waals surface area contributed by atoms with Crippen molar-refractivity contribution in [3.05, 3.63) is 28.7 Å². The van der Waals surface area contributed by atoms with E-state index in [0.717, 1.165) is 23.2 Å². The van der Waals surface area contributed by atoms with E-state index >= 15 is 0 Å². The molecular formula is C12H17BrN2O. The van der Waals surface area contributed by atoms with E-state index in [4.69, 9.17) is 0 Å². The zero-order chi connectivity index (χ0) is 11.6. The third-order valence-corrected chi connectivity index (χ3v) is 3.46. The van der Waals surface area contributed by atoms with Gasteiger partial charge in [-0.3, -0.25) is 0 Å². The largest absolute Gasteiger partial charge is 0.387 e. The van der Waals surface area contributed by atoms with E-state index in [9.17, 15) is 5.11 Å². The van der Waals surface area contributed by atoms with E-state index in [1.54, 1.807) is 0 Å². The van der Waals surface area contributed by atoms with Crippen LogP contribution in [-0.4, -0.2) is 36.9 Å². The summed E-state index contributed by atoms with van der Waals surface area (Å²) in [5.41, 5.74) is 0.470. The van der Waals surface area contributed by atoms with Gasteiger partial charge < -0.3 is 15.3 Å². The van der Waals surface area contributed by atoms with Crippen LogP contribution >= 0.6 is 15.9 Å². The number of nitrogens with zero attached hydrogens (tertiary/aromatic N) is 1. The minimum atomic E-state index is -0.675.